The van der Waals surface area contributed by atoms with Crippen LogP contribution in [-0.4, -0.2) is 61.3 Å². The zero-order chi connectivity index (χ0) is 25.0. The lowest BCUT2D eigenvalue weighted by Crippen LogP contribution is -2.51. The Hall–Kier alpha value is -2.78. The summed E-state index contributed by atoms with van der Waals surface area (Å²) in [6.45, 7) is 7.60. The molecule has 0 radical (unpaired) electrons. The first-order valence-electron chi connectivity index (χ1n) is 11.9. The standard InChI is InChI=1S/C26H31F3N2O4/c1-18(2)14-31(16-20-6-7-22-23(13-20)35-11-10-34-22)25(32)24-17-30(8-9-33-24)15-19-4-3-5-21(12-19)26(27,28)29/h3-7,12-13,18,24H,8-11,14-17H2,1-2H3. The lowest BCUT2D eigenvalue weighted by Gasteiger charge is -2.35. The smallest absolute Gasteiger partial charge is 0.416 e. The Balaban J connectivity index is 1.43. The second-order valence-electron chi connectivity index (χ2n) is 9.38. The number of fused-ring (bicyclic) bond motifs is 1. The highest BCUT2D eigenvalue weighted by Crippen LogP contribution is 2.32. The van der Waals surface area contributed by atoms with E-state index >= 15 is 0 Å². The molecule has 0 spiro atoms. The molecule has 1 unspecified atom stereocenters. The molecule has 2 aliphatic heterocycles. The first-order valence-corrected chi connectivity index (χ1v) is 11.9. The van der Waals surface area contributed by atoms with Gasteiger partial charge in [0.15, 0.2) is 11.5 Å². The third-order valence-corrected chi connectivity index (χ3v) is 5.96. The number of benzene rings is 2. The quantitative estimate of drug-likeness (QED) is 0.575. The number of nitrogens with zero attached hydrogens (tertiary/aromatic N) is 2. The van der Waals surface area contributed by atoms with E-state index in [9.17, 15) is 18.0 Å². The van der Waals surface area contributed by atoms with Crippen molar-refractivity contribution in [3.63, 3.8) is 0 Å². The molecule has 0 saturated carbocycles. The van der Waals surface area contributed by atoms with Crippen LogP contribution in [0.1, 0.15) is 30.5 Å². The molecular formula is C26H31F3N2O4. The highest BCUT2D eigenvalue weighted by atomic mass is 19.4. The Morgan fingerprint density at radius 3 is 2.57 bits per heavy atom. The van der Waals surface area contributed by atoms with Gasteiger partial charge in [0.1, 0.15) is 19.3 Å². The largest absolute Gasteiger partial charge is 0.486 e. The highest BCUT2D eigenvalue weighted by molar-refractivity contribution is 5.81. The van der Waals surface area contributed by atoms with Crippen LogP contribution in [0.25, 0.3) is 0 Å². The summed E-state index contributed by atoms with van der Waals surface area (Å²) in [5.74, 6) is 1.50. The number of rotatable bonds is 7. The molecule has 2 aliphatic rings. The lowest BCUT2D eigenvalue weighted by molar-refractivity contribution is -0.151. The molecule has 1 fully saturated rings. The van der Waals surface area contributed by atoms with Gasteiger partial charge in [0.25, 0.3) is 5.91 Å². The van der Waals surface area contributed by atoms with Crippen LogP contribution in [0, 0.1) is 5.92 Å². The van der Waals surface area contributed by atoms with E-state index in [4.69, 9.17) is 14.2 Å². The summed E-state index contributed by atoms with van der Waals surface area (Å²) in [4.78, 5) is 17.2. The van der Waals surface area contributed by atoms with Crippen LogP contribution in [0.15, 0.2) is 42.5 Å². The number of morpholine rings is 1. The van der Waals surface area contributed by atoms with Gasteiger partial charge in [-0.25, -0.2) is 0 Å². The molecule has 0 aromatic heterocycles. The third-order valence-electron chi connectivity index (χ3n) is 5.96. The van der Waals surface area contributed by atoms with Crippen molar-refractivity contribution in [3.8, 4) is 11.5 Å². The molecule has 35 heavy (non-hydrogen) atoms. The molecule has 6 nitrogen and oxygen atoms in total. The molecule has 0 bridgehead atoms. The maximum absolute atomic E-state index is 13.5. The van der Waals surface area contributed by atoms with Crippen LogP contribution in [0.4, 0.5) is 13.2 Å². The molecule has 0 aliphatic carbocycles. The summed E-state index contributed by atoms with van der Waals surface area (Å²) in [7, 11) is 0. The fraction of sp³-hybridized carbons (Fsp3) is 0.500. The molecule has 2 aromatic carbocycles. The molecule has 190 valence electrons. The molecular weight excluding hydrogens is 461 g/mol. The van der Waals surface area contributed by atoms with E-state index in [-0.39, 0.29) is 11.8 Å². The zero-order valence-corrected chi connectivity index (χ0v) is 20.0. The zero-order valence-electron chi connectivity index (χ0n) is 20.0. The second kappa shape index (κ2) is 10.9. The normalized spacial score (nSPS) is 18.5. The fourth-order valence-corrected chi connectivity index (χ4v) is 4.38. The average molecular weight is 493 g/mol. The minimum absolute atomic E-state index is 0.123. The van der Waals surface area contributed by atoms with E-state index in [0.717, 1.165) is 11.6 Å². The van der Waals surface area contributed by atoms with Crippen molar-refractivity contribution in [1.29, 1.82) is 0 Å². The van der Waals surface area contributed by atoms with Crippen molar-refractivity contribution < 1.29 is 32.2 Å². The molecule has 0 N–H and O–H groups in total. The highest BCUT2D eigenvalue weighted by Gasteiger charge is 2.32. The van der Waals surface area contributed by atoms with Gasteiger partial charge < -0.3 is 19.1 Å². The Morgan fingerprint density at radius 1 is 1.06 bits per heavy atom. The third kappa shape index (κ3) is 6.67. The minimum atomic E-state index is -4.38. The van der Waals surface area contributed by atoms with Crippen LogP contribution in [0.2, 0.25) is 0 Å². The van der Waals surface area contributed by atoms with Gasteiger partial charge in [0.2, 0.25) is 0 Å². The van der Waals surface area contributed by atoms with E-state index in [1.54, 1.807) is 11.0 Å². The van der Waals surface area contributed by atoms with E-state index < -0.39 is 17.8 Å². The van der Waals surface area contributed by atoms with Gasteiger partial charge in [0.05, 0.1) is 12.2 Å². The van der Waals surface area contributed by atoms with Crippen LogP contribution < -0.4 is 9.47 Å². The first-order chi connectivity index (χ1) is 16.7. The molecule has 2 aromatic rings. The van der Waals surface area contributed by atoms with Gasteiger partial charge in [-0.15, -0.1) is 0 Å². The van der Waals surface area contributed by atoms with Gasteiger partial charge in [-0.3, -0.25) is 9.69 Å². The van der Waals surface area contributed by atoms with E-state index in [1.165, 1.54) is 12.1 Å². The molecule has 1 saturated heterocycles. The van der Waals surface area contributed by atoms with E-state index in [0.29, 0.717) is 69.6 Å². The van der Waals surface area contributed by atoms with Crippen molar-refractivity contribution in [2.45, 2.75) is 39.2 Å². The first kappa shape index (κ1) is 25.3. The number of hydrogen-bond donors (Lipinski definition) is 0. The van der Waals surface area contributed by atoms with Crippen LogP contribution in [0.5, 0.6) is 11.5 Å². The summed E-state index contributed by atoms with van der Waals surface area (Å²) in [6.07, 6.45) is -5.06. The monoisotopic (exact) mass is 492 g/mol. The Morgan fingerprint density at radius 2 is 1.83 bits per heavy atom. The summed E-state index contributed by atoms with van der Waals surface area (Å²) in [5, 5.41) is 0. The summed E-state index contributed by atoms with van der Waals surface area (Å²) in [5.41, 5.74) is 0.821. The van der Waals surface area contributed by atoms with Gasteiger partial charge >= 0.3 is 6.18 Å². The molecule has 9 heteroatoms. The lowest BCUT2D eigenvalue weighted by atomic mass is 10.1. The predicted octanol–water partition coefficient (Wildman–Crippen LogP) is 4.36. The van der Waals surface area contributed by atoms with Gasteiger partial charge in [-0.2, -0.15) is 13.2 Å². The van der Waals surface area contributed by atoms with Crippen molar-refractivity contribution in [2.75, 3.05) is 39.5 Å². The number of alkyl halides is 3. The summed E-state index contributed by atoms with van der Waals surface area (Å²) < 4.78 is 56.3. The number of hydrogen-bond acceptors (Lipinski definition) is 5. The number of carbonyl (C=O) groups excluding carboxylic acids is 1. The Labute approximate surface area is 203 Å². The predicted molar refractivity (Wildman–Crippen MR) is 124 cm³/mol. The van der Waals surface area contributed by atoms with Crippen molar-refractivity contribution in [3.05, 3.63) is 59.2 Å². The van der Waals surface area contributed by atoms with Gasteiger partial charge in [0, 0.05) is 32.7 Å². The maximum atomic E-state index is 13.5. The van der Waals surface area contributed by atoms with Gasteiger partial charge in [-0.1, -0.05) is 38.1 Å². The Bertz CT molecular complexity index is 1030. The van der Waals surface area contributed by atoms with Crippen molar-refractivity contribution >= 4 is 5.91 Å². The summed E-state index contributed by atoms with van der Waals surface area (Å²) in [6, 6.07) is 11.0. The molecule has 2 heterocycles. The SMILES string of the molecule is CC(C)CN(Cc1ccc2c(c1)OCCO2)C(=O)C1CN(Cc2cccc(C(F)(F)F)c2)CCO1. The van der Waals surface area contributed by atoms with Crippen molar-refractivity contribution in [2.24, 2.45) is 5.92 Å². The molecule has 4 rings (SSSR count). The molecule has 1 amide bonds. The number of amides is 1. The van der Waals surface area contributed by atoms with Crippen molar-refractivity contribution in [1.82, 2.24) is 9.80 Å². The van der Waals surface area contributed by atoms with E-state index in [2.05, 4.69) is 0 Å². The van der Waals surface area contributed by atoms with Gasteiger partial charge in [-0.05, 0) is 35.2 Å². The van der Waals surface area contributed by atoms with Crippen LogP contribution >= 0.6 is 0 Å². The second-order valence-corrected chi connectivity index (χ2v) is 9.38. The topological polar surface area (TPSA) is 51.2 Å². The maximum Gasteiger partial charge on any atom is 0.416 e. The minimum Gasteiger partial charge on any atom is -0.486 e. The fourth-order valence-electron chi connectivity index (χ4n) is 4.38. The molecule has 1 atom stereocenters. The van der Waals surface area contributed by atoms with E-state index in [1.807, 2.05) is 36.9 Å². The van der Waals surface area contributed by atoms with Crippen LogP contribution in [-0.2, 0) is 28.8 Å². The number of halogens is 3. The number of carbonyl (C=O) groups is 1. The van der Waals surface area contributed by atoms with Crippen LogP contribution in [0.3, 0.4) is 0 Å². The Kier molecular flexibility index (Phi) is 7.86. The average Bonchev–Trinajstić information content (AvgIpc) is 2.82. The number of ether oxygens (including phenoxy) is 3. The summed E-state index contributed by atoms with van der Waals surface area (Å²) >= 11 is 0.